The van der Waals surface area contributed by atoms with Gasteiger partial charge in [0.25, 0.3) is 0 Å². The van der Waals surface area contributed by atoms with Crippen molar-refractivity contribution in [2.45, 2.75) is 95.6 Å². The van der Waals surface area contributed by atoms with Crippen LogP contribution in [0.1, 0.15) is 90.9 Å². The van der Waals surface area contributed by atoms with Crippen molar-refractivity contribution < 1.29 is 4.79 Å². The molecule has 7 heteroatoms. The van der Waals surface area contributed by atoms with Gasteiger partial charge in [-0.3, -0.25) is 4.79 Å². The standard InChI is InChI=1S/C21H39N3OS3/c1-3-4-5-6-7-8-9-10-11-12-17-27-20(26)28-21(2,18-23)14-13-19(25)24-16-15-22/h3-17,22H2,1-2H3,(H,24,25). The lowest BCUT2D eigenvalue weighted by molar-refractivity contribution is -0.121. The Morgan fingerprint density at radius 2 is 1.68 bits per heavy atom. The Balaban J connectivity index is 3.77. The summed E-state index contributed by atoms with van der Waals surface area (Å²) in [5.74, 6) is 0.956. The van der Waals surface area contributed by atoms with Gasteiger partial charge in [-0.2, -0.15) is 5.26 Å². The molecule has 0 bridgehead atoms. The largest absolute Gasteiger partial charge is 0.355 e. The van der Waals surface area contributed by atoms with Crippen LogP contribution >= 0.6 is 35.7 Å². The van der Waals surface area contributed by atoms with E-state index in [1.54, 1.807) is 11.8 Å². The van der Waals surface area contributed by atoms with E-state index in [9.17, 15) is 10.1 Å². The molecule has 0 rings (SSSR count). The maximum atomic E-state index is 11.7. The van der Waals surface area contributed by atoms with Crippen LogP contribution in [-0.4, -0.2) is 33.0 Å². The molecule has 3 N–H and O–H groups in total. The van der Waals surface area contributed by atoms with Crippen molar-refractivity contribution in [2.24, 2.45) is 5.73 Å². The first-order valence-electron chi connectivity index (χ1n) is 10.7. The highest BCUT2D eigenvalue weighted by Gasteiger charge is 2.27. The predicted molar refractivity (Wildman–Crippen MR) is 130 cm³/mol. The molecule has 1 atom stereocenters. The molecule has 0 aromatic heterocycles. The summed E-state index contributed by atoms with van der Waals surface area (Å²) in [6, 6.07) is 2.32. The van der Waals surface area contributed by atoms with Crippen molar-refractivity contribution in [3.8, 4) is 6.07 Å². The van der Waals surface area contributed by atoms with Crippen LogP contribution in [0.15, 0.2) is 0 Å². The lowest BCUT2D eigenvalue weighted by Gasteiger charge is -2.20. The van der Waals surface area contributed by atoms with Gasteiger partial charge in [0.15, 0.2) is 0 Å². The third kappa shape index (κ3) is 16.6. The number of unbranched alkanes of at least 4 members (excludes halogenated alkanes) is 9. The van der Waals surface area contributed by atoms with Gasteiger partial charge in [0.05, 0.1) is 6.07 Å². The molecule has 0 aromatic carbocycles. The number of carbonyl (C=O) groups excluding carboxylic acids is 1. The Hall–Kier alpha value is -0.290. The zero-order valence-electron chi connectivity index (χ0n) is 17.8. The van der Waals surface area contributed by atoms with Crippen molar-refractivity contribution >= 4 is 45.2 Å². The highest BCUT2D eigenvalue weighted by molar-refractivity contribution is 8.47. The van der Waals surface area contributed by atoms with Crippen LogP contribution in [0.5, 0.6) is 0 Å². The fourth-order valence-electron chi connectivity index (χ4n) is 2.74. The molecule has 0 spiro atoms. The fourth-order valence-corrected chi connectivity index (χ4v) is 5.71. The van der Waals surface area contributed by atoms with E-state index < -0.39 is 4.75 Å². The van der Waals surface area contributed by atoms with E-state index >= 15 is 0 Å². The number of nitrogens with two attached hydrogens (primary N) is 1. The van der Waals surface area contributed by atoms with Gasteiger partial charge in [0.2, 0.25) is 5.91 Å². The van der Waals surface area contributed by atoms with E-state index in [0.717, 1.165) is 9.28 Å². The molecule has 0 aromatic rings. The van der Waals surface area contributed by atoms with Crippen molar-refractivity contribution in [3.05, 3.63) is 0 Å². The summed E-state index contributed by atoms with van der Waals surface area (Å²) in [5.41, 5.74) is 5.37. The number of thioether (sulfide) groups is 2. The molecule has 0 radical (unpaired) electrons. The highest BCUT2D eigenvalue weighted by atomic mass is 32.2. The molecule has 0 aliphatic rings. The average Bonchev–Trinajstić information content (AvgIpc) is 2.69. The van der Waals surface area contributed by atoms with Gasteiger partial charge in [0, 0.05) is 19.5 Å². The van der Waals surface area contributed by atoms with Gasteiger partial charge in [-0.25, -0.2) is 0 Å². The number of nitrogens with one attached hydrogen (secondary N) is 1. The van der Waals surface area contributed by atoms with Gasteiger partial charge in [0.1, 0.15) is 8.28 Å². The van der Waals surface area contributed by atoms with Crippen LogP contribution in [0.25, 0.3) is 0 Å². The number of thiocarbonyl (C=S) groups is 1. The molecular weight excluding hydrogens is 406 g/mol. The Morgan fingerprint density at radius 3 is 2.21 bits per heavy atom. The summed E-state index contributed by atoms with van der Waals surface area (Å²) < 4.78 is 0.157. The molecular formula is C21H39N3OS3. The number of hydrogen-bond acceptors (Lipinski definition) is 6. The molecule has 0 aliphatic heterocycles. The fraction of sp³-hybridized carbons (Fsp3) is 0.857. The Kier molecular flexibility index (Phi) is 18.5. The van der Waals surface area contributed by atoms with Crippen molar-refractivity contribution in [2.75, 3.05) is 18.8 Å². The lowest BCUT2D eigenvalue weighted by Crippen LogP contribution is -2.30. The van der Waals surface area contributed by atoms with Crippen molar-refractivity contribution in [1.82, 2.24) is 5.32 Å². The SMILES string of the molecule is CCCCCCCCCCCCSC(=S)SC(C)(C#N)CCC(=O)NCCN. The van der Waals surface area contributed by atoms with Crippen LogP contribution in [0.4, 0.5) is 0 Å². The van der Waals surface area contributed by atoms with E-state index in [0.29, 0.717) is 25.9 Å². The molecule has 1 unspecified atom stereocenters. The average molecular weight is 446 g/mol. The van der Waals surface area contributed by atoms with Gasteiger partial charge in [-0.05, 0) is 25.5 Å². The van der Waals surface area contributed by atoms with Crippen molar-refractivity contribution in [1.29, 1.82) is 5.26 Å². The Morgan fingerprint density at radius 1 is 1.11 bits per heavy atom. The van der Waals surface area contributed by atoms with Gasteiger partial charge in [-0.15, -0.1) is 11.8 Å². The molecule has 28 heavy (non-hydrogen) atoms. The monoisotopic (exact) mass is 445 g/mol. The third-order valence-corrected chi connectivity index (χ3v) is 7.41. The highest BCUT2D eigenvalue weighted by Crippen LogP contribution is 2.34. The second kappa shape index (κ2) is 18.7. The maximum absolute atomic E-state index is 11.7. The lowest BCUT2D eigenvalue weighted by atomic mass is 10.1. The zero-order chi connectivity index (χ0) is 21.1. The molecule has 1 amide bonds. The second-order valence-electron chi connectivity index (χ2n) is 7.36. The number of amides is 1. The van der Waals surface area contributed by atoms with E-state index in [1.165, 1.54) is 76.0 Å². The quantitative estimate of drug-likeness (QED) is 0.218. The molecule has 0 aliphatic carbocycles. The topological polar surface area (TPSA) is 78.9 Å². The molecule has 162 valence electrons. The van der Waals surface area contributed by atoms with Gasteiger partial charge in [-0.1, -0.05) is 88.7 Å². The summed E-state index contributed by atoms with van der Waals surface area (Å²) >= 11 is 8.54. The van der Waals surface area contributed by atoms with Crippen LogP contribution in [0, 0.1) is 11.3 Å². The van der Waals surface area contributed by atoms with E-state index in [4.69, 9.17) is 18.0 Å². The molecule has 0 heterocycles. The number of rotatable bonds is 17. The van der Waals surface area contributed by atoms with E-state index in [-0.39, 0.29) is 5.91 Å². The second-order valence-corrected chi connectivity index (χ2v) is 11.2. The minimum absolute atomic E-state index is 0.0588. The van der Waals surface area contributed by atoms with Crippen LogP contribution < -0.4 is 11.1 Å². The summed E-state index contributed by atoms with van der Waals surface area (Å²) in [7, 11) is 0. The minimum Gasteiger partial charge on any atom is -0.355 e. The first-order valence-corrected chi connectivity index (χ1v) is 12.9. The van der Waals surface area contributed by atoms with Crippen LogP contribution in [-0.2, 0) is 4.79 Å². The third-order valence-electron chi connectivity index (χ3n) is 4.56. The van der Waals surface area contributed by atoms with Crippen molar-refractivity contribution in [3.63, 3.8) is 0 Å². The maximum Gasteiger partial charge on any atom is 0.220 e. The minimum atomic E-state index is -0.651. The summed E-state index contributed by atoms with van der Waals surface area (Å²) in [6.45, 7) is 5.02. The smallest absolute Gasteiger partial charge is 0.220 e. The van der Waals surface area contributed by atoms with Crippen LogP contribution in [0.2, 0.25) is 0 Å². The first-order chi connectivity index (χ1) is 13.5. The molecule has 0 saturated heterocycles. The summed E-state index contributed by atoms with van der Waals surface area (Å²) in [5, 5.41) is 12.2. The van der Waals surface area contributed by atoms with Gasteiger partial charge < -0.3 is 11.1 Å². The first kappa shape index (κ1) is 27.7. The summed E-state index contributed by atoms with van der Waals surface area (Å²) in [4.78, 5) is 11.7. The van der Waals surface area contributed by atoms with E-state index in [1.807, 2.05) is 6.92 Å². The Bertz CT molecular complexity index is 468. The van der Waals surface area contributed by atoms with E-state index in [2.05, 4.69) is 18.3 Å². The predicted octanol–water partition coefficient (Wildman–Crippen LogP) is 5.80. The summed E-state index contributed by atoms with van der Waals surface area (Å²) in [6.07, 6.45) is 14.1. The van der Waals surface area contributed by atoms with Gasteiger partial charge >= 0.3 is 0 Å². The Labute approximate surface area is 186 Å². The molecule has 4 nitrogen and oxygen atoms in total. The molecule has 0 fully saturated rings. The normalized spacial score (nSPS) is 12.9. The number of carbonyl (C=O) groups is 1. The number of hydrogen-bond donors (Lipinski definition) is 2. The molecule has 0 saturated carbocycles. The number of nitriles is 1. The number of nitrogens with zero attached hydrogens (tertiary/aromatic N) is 1. The zero-order valence-corrected chi connectivity index (χ0v) is 20.2. The van der Waals surface area contributed by atoms with Crippen LogP contribution in [0.3, 0.4) is 0 Å².